The number of ether oxygens (including phenoxy) is 2. The van der Waals surface area contributed by atoms with Gasteiger partial charge >= 0.3 is 12.1 Å². The molecular weight excluding hydrogens is 531 g/mol. The third-order valence-corrected chi connectivity index (χ3v) is 5.83. The number of rotatable bonds is 6. The molecule has 0 bridgehead atoms. The Balaban J connectivity index is 1.78. The van der Waals surface area contributed by atoms with E-state index >= 15 is 0 Å². The molecule has 176 valence electrons. The van der Waals surface area contributed by atoms with Gasteiger partial charge in [0.25, 0.3) is 0 Å². The second-order valence-corrected chi connectivity index (χ2v) is 8.93. The smallest absolute Gasteiger partial charge is 0.416 e. The lowest BCUT2D eigenvalue weighted by atomic mass is 10.1. The Kier molecular flexibility index (Phi) is 8.64. The molecule has 3 rings (SSSR count). The van der Waals surface area contributed by atoms with Gasteiger partial charge in [-0.1, -0.05) is 23.6 Å². The van der Waals surface area contributed by atoms with E-state index in [2.05, 4.69) is 32.8 Å². The van der Waals surface area contributed by atoms with Gasteiger partial charge in [0.15, 0.2) is 6.61 Å². The Morgan fingerprint density at radius 2 is 1.85 bits per heavy atom. The number of pyridine rings is 1. The Morgan fingerprint density at radius 1 is 1.12 bits per heavy atom. The Bertz CT molecular complexity index is 1230. The van der Waals surface area contributed by atoms with Crippen LogP contribution in [0.4, 0.5) is 13.2 Å². The fourth-order valence-electron chi connectivity index (χ4n) is 2.78. The molecule has 0 fully saturated rings. The highest BCUT2D eigenvalue weighted by atomic mass is 79.9. The number of alkyl halides is 3. The number of nitrogens with zero attached hydrogens (tertiary/aromatic N) is 1. The van der Waals surface area contributed by atoms with E-state index in [0.29, 0.717) is 28.5 Å². The van der Waals surface area contributed by atoms with Crippen LogP contribution < -0.4 is 4.74 Å². The molecule has 1 heterocycles. The summed E-state index contributed by atoms with van der Waals surface area (Å²) >= 11 is 4.77. The zero-order valence-electron chi connectivity index (χ0n) is 18.2. The van der Waals surface area contributed by atoms with Crippen LogP contribution in [-0.2, 0) is 15.7 Å². The van der Waals surface area contributed by atoms with Gasteiger partial charge in [0.1, 0.15) is 10.8 Å². The van der Waals surface area contributed by atoms with Gasteiger partial charge < -0.3 is 9.47 Å². The van der Waals surface area contributed by atoms with Gasteiger partial charge in [0.05, 0.1) is 17.7 Å². The summed E-state index contributed by atoms with van der Waals surface area (Å²) in [5.41, 5.74) is 1.20. The lowest BCUT2D eigenvalue weighted by Gasteiger charge is -2.10. The first-order chi connectivity index (χ1) is 16.2. The number of carbonyl (C=O) groups is 1. The van der Waals surface area contributed by atoms with Gasteiger partial charge in [-0.25, -0.2) is 9.78 Å². The van der Waals surface area contributed by atoms with Gasteiger partial charge in [0, 0.05) is 21.1 Å². The molecule has 0 radical (unpaired) electrons. The molecule has 0 atom stereocenters. The van der Waals surface area contributed by atoms with E-state index in [1.165, 1.54) is 23.9 Å². The number of hydrogen-bond acceptors (Lipinski definition) is 5. The molecule has 0 saturated heterocycles. The van der Waals surface area contributed by atoms with Crippen molar-refractivity contribution in [2.24, 2.45) is 0 Å². The lowest BCUT2D eigenvalue weighted by molar-refractivity contribution is -0.145. The van der Waals surface area contributed by atoms with Crippen LogP contribution in [-0.4, -0.2) is 24.2 Å². The largest absolute Gasteiger partial charge is 0.482 e. The average molecular weight is 550 g/mol. The molecule has 3 aromatic rings. The van der Waals surface area contributed by atoms with Crippen molar-refractivity contribution < 1.29 is 27.4 Å². The summed E-state index contributed by atoms with van der Waals surface area (Å²) < 4.78 is 49.4. The standard InChI is InChI=1S/C25H19BrF3NO3S/c1-3-32-23(31)15-33-22-11-10-21(12-16(22)2)34-24-18(13-20(26)14-30-24)7-4-17-5-8-19(9-6-17)25(27,28)29/h5-6,8-14H,3,15H2,1-2H3. The van der Waals surface area contributed by atoms with Gasteiger partial charge in [-0.2, -0.15) is 13.2 Å². The molecule has 0 amide bonds. The van der Waals surface area contributed by atoms with Crippen molar-refractivity contribution in [2.75, 3.05) is 13.2 Å². The fraction of sp³-hybridized carbons (Fsp3) is 0.200. The Morgan fingerprint density at radius 3 is 2.50 bits per heavy atom. The van der Waals surface area contributed by atoms with Crippen LogP contribution in [0.5, 0.6) is 5.75 Å². The monoisotopic (exact) mass is 549 g/mol. The Hall–Kier alpha value is -2.96. The van der Waals surface area contributed by atoms with Gasteiger partial charge in [-0.05, 0) is 83.9 Å². The van der Waals surface area contributed by atoms with E-state index in [-0.39, 0.29) is 6.61 Å². The first-order valence-electron chi connectivity index (χ1n) is 10.1. The third kappa shape index (κ3) is 7.27. The molecule has 0 aliphatic rings. The second kappa shape index (κ2) is 11.4. The quantitative estimate of drug-likeness (QED) is 0.254. The molecule has 2 aromatic carbocycles. The summed E-state index contributed by atoms with van der Waals surface area (Å²) in [6.07, 6.45) is -2.74. The van der Waals surface area contributed by atoms with Crippen LogP contribution in [0.2, 0.25) is 0 Å². The van der Waals surface area contributed by atoms with Crippen molar-refractivity contribution in [2.45, 2.75) is 29.9 Å². The third-order valence-electron chi connectivity index (χ3n) is 4.38. The van der Waals surface area contributed by atoms with E-state index < -0.39 is 17.7 Å². The number of hydrogen-bond donors (Lipinski definition) is 0. The van der Waals surface area contributed by atoms with Crippen molar-refractivity contribution in [1.29, 1.82) is 0 Å². The van der Waals surface area contributed by atoms with Gasteiger partial charge in [-0.15, -0.1) is 0 Å². The first-order valence-corrected chi connectivity index (χ1v) is 11.7. The topological polar surface area (TPSA) is 48.4 Å². The van der Waals surface area contributed by atoms with E-state index in [1.54, 1.807) is 25.3 Å². The molecule has 9 heteroatoms. The molecule has 34 heavy (non-hydrogen) atoms. The number of aromatic nitrogens is 1. The number of aryl methyl sites for hydroxylation is 1. The second-order valence-electron chi connectivity index (χ2n) is 6.95. The Labute approximate surface area is 208 Å². The highest BCUT2D eigenvalue weighted by Crippen LogP contribution is 2.33. The number of carbonyl (C=O) groups excluding carboxylic acids is 1. The summed E-state index contributed by atoms with van der Waals surface area (Å²) in [7, 11) is 0. The van der Waals surface area contributed by atoms with E-state index in [9.17, 15) is 18.0 Å². The molecule has 0 spiro atoms. The SMILES string of the molecule is CCOC(=O)COc1ccc(Sc2ncc(Br)cc2C#Cc2ccc(C(F)(F)F)cc2)cc1C. The molecule has 0 aliphatic carbocycles. The minimum absolute atomic E-state index is 0.168. The summed E-state index contributed by atoms with van der Waals surface area (Å²) in [6, 6.07) is 12.0. The van der Waals surface area contributed by atoms with Crippen LogP contribution in [0.3, 0.4) is 0 Å². The maximum atomic E-state index is 12.8. The number of benzene rings is 2. The normalized spacial score (nSPS) is 10.9. The van der Waals surface area contributed by atoms with E-state index in [1.807, 2.05) is 19.1 Å². The molecule has 1 aromatic heterocycles. The maximum absolute atomic E-state index is 12.8. The predicted octanol–water partition coefficient (Wildman–Crippen LogP) is 6.66. The van der Waals surface area contributed by atoms with Crippen LogP contribution in [0.1, 0.15) is 29.2 Å². The van der Waals surface area contributed by atoms with Crippen molar-refractivity contribution in [3.8, 4) is 17.6 Å². The average Bonchev–Trinajstić information content (AvgIpc) is 2.78. The van der Waals surface area contributed by atoms with Crippen LogP contribution in [0.15, 0.2) is 69.1 Å². The molecule has 0 aliphatic heterocycles. The lowest BCUT2D eigenvalue weighted by Crippen LogP contribution is -2.14. The fourth-order valence-corrected chi connectivity index (χ4v) is 4.03. The molecule has 4 nitrogen and oxygen atoms in total. The summed E-state index contributed by atoms with van der Waals surface area (Å²) in [5, 5.41) is 0.641. The van der Waals surface area contributed by atoms with Gasteiger partial charge in [0.2, 0.25) is 0 Å². The van der Waals surface area contributed by atoms with Crippen molar-refractivity contribution in [3.63, 3.8) is 0 Å². The van der Waals surface area contributed by atoms with E-state index in [4.69, 9.17) is 9.47 Å². The molecule has 0 N–H and O–H groups in total. The highest BCUT2D eigenvalue weighted by molar-refractivity contribution is 9.10. The number of esters is 1. The first kappa shape index (κ1) is 25.7. The van der Waals surface area contributed by atoms with Crippen LogP contribution in [0, 0.1) is 18.8 Å². The number of halogens is 4. The summed E-state index contributed by atoms with van der Waals surface area (Å²) in [5.74, 6) is 6.03. The van der Waals surface area contributed by atoms with Crippen LogP contribution in [0.25, 0.3) is 0 Å². The van der Waals surface area contributed by atoms with Crippen molar-refractivity contribution >= 4 is 33.7 Å². The van der Waals surface area contributed by atoms with Crippen LogP contribution >= 0.6 is 27.7 Å². The predicted molar refractivity (Wildman–Crippen MR) is 127 cm³/mol. The zero-order valence-corrected chi connectivity index (χ0v) is 20.6. The minimum atomic E-state index is -4.39. The highest BCUT2D eigenvalue weighted by Gasteiger charge is 2.29. The van der Waals surface area contributed by atoms with Gasteiger partial charge in [-0.3, -0.25) is 0 Å². The summed E-state index contributed by atoms with van der Waals surface area (Å²) in [6.45, 7) is 3.72. The minimum Gasteiger partial charge on any atom is -0.482 e. The van der Waals surface area contributed by atoms with Crippen molar-refractivity contribution in [3.05, 3.63) is 81.5 Å². The molecular formula is C25H19BrF3NO3S. The van der Waals surface area contributed by atoms with E-state index in [0.717, 1.165) is 27.1 Å². The molecule has 0 unspecified atom stereocenters. The summed E-state index contributed by atoms with van der Waals surface area (Å²) in [4.78, 5) is 16.8. The maximum Gasteiger partial charge on any atom is 0.416 e. The van der Waals surface area contributed by atoms with Crippen molar-refractivity contribution in [1.82, 2.24) is 4.98 Å². The molecule has 0 saturated carbocycles. The zero-order chi connectivity index (χ0) is 24.7.